The van der Waals surface area contributed by atoms with Crippen LogP contribution in [0.4, 0.5) is 5.82 Å². The number of nitrogens with zero attached hydrogens (tertiary/aromatic N) is 5. The lowest BCUT2D eigenvalue weighted by molar-refractivity contribution is -0.125. The zero-order valence-corrected chi connectivity index (χ0v) is 21.1. The van der Waals surface area contributed by atoms with Gasteiger partial charge in [0.1, 0.15) is 17.8 Å². The molecule has 188 valence electrons. The molecule has 0 aliphatic carbocycles. The third-order valence-corrected chi connectivity index (χ3v) is 6.53. The van der Waals surface area contributed by atoms with Gasteiger partial charge in [-0.1, -0.05) is 24.8 Å². The minimum Gasteiger partial charge on any atom is -0.493 e. The van der Waals surface area contributed by atoms with Crippen molar-refractivity contribution in [2.75, 3.05) is 25.9 Å². The Kier molecular flexibility index (Phi) is 6.35. The second kappa shape index (κ2) is 9.77. The largest absolute Gasteiger partial charge is 0.493 e. The third kappa shape index (κ3) is 4.40. The number of carbonyl (C=O) groups is 1. The summed E-state index contributed by atoms with van der Waals surface area (Å²) in [7, 11) is 3.57. The monoisotopic (exact) mass is 496 g/mol. The van der Waals surface area contributed by atoms with Crippen LogP contribution in [0.5, 0.6) is 17.4 Å². The topological polar surface area (TPSA) is 108 Å². The Labute approximate surface area is 214 Å². The second-order valence-electron chi connectivity index (χ2n) is 8.79. The lowest BCUT2D eigenvalue weighted by Crippen LogP contribution is -2.33. The van der Waals surface area contributed by atoms with Crippen molar-refractivity contribution >= 4 is 28.3 Å². The standard InChI is InChI=1S/C28H28N6O3/c1-5-23(35)34-13-11-18(12-14-34)26-24(25-27(29)30-16-31-28(25)33(26)3)19-9-10-20(21(15-19)36-4)37-22-8-6-7-17(2)32-22/h5-11,15-16H,1,12-14H2,2-4H3,(H2,29,30,31). The van der Waals surface area contributed by atoms with Gasteiger partial charge in [-0.2, -0.15) is 0 Å². The Morgan fingerprint density at radius 1 is 1.19 bits per heavy atom. The van der Waals surface area contributed by atoms with Crippen LogP contribution < -0.4 is 15.2 Å². The van der Waals surface area contributed by atoms with E-state index in [-0.39, 0.29) is 5.91 Å². The van der Waals surface area contributed by atoms with Crippen molar-refractivity contribution in [1.82, 2.24) is 24.4 Å². The molecule has 1 aliphatic heterocycles. The summed E-state index contributed by atoms with van der Waals surface area (Å²) in [6.07, 6.45) is 5.57. The third-order valence-electron chi connectivity index (χ3n) is 6.53. The fraction of sp³-hybridized carbons (Fsp3) is 0.214. The number of carbonyl (C=O) groups excluding carboxylic acids is 1. The van der Waals surface area contributed by atoms with E-state index in [1.165, 1.54) is 12.4 Å². The van der Waals surface area contributed by atoms with Crippen LogP contribution >= 0.6 is 0 Å². The van der Waals surface area contributed by atoms with Gasteiger partial charge >= 0.3 is 0 Å². The molecule has 9 nitrogen and oxygen atoms in total. The first-order valence-electron chi connectivity index (χ1n) is 11.9. The van der Waals surface area contributed by atoms with Crippen LogP contribution in [0.1, 0.15) is 17.8 Å². The number of pyridine rings is 1. The molecule has 1 aromatic carbocycles. The van der Waals surface area contributed by atoms with E-state index in [1.807, 2.05) is 48.9 Å². The average molecular weight is 497 g/mol. The number of nitrogens with two attached hydrogens (primary N) is 1. The van der Waals surface area contributed by atoms with Crippen molar-refractivity contribution in [3.8, 4) is 28.5 Å². The summed E-state index contributed by atoms with van der Waals surface area (Å²) >= 11 is 0. The van der Waals surface area contributed by atoms with Gasteiger partial charge in [-0.25, -0.2) is 15.0 Å². The molecule has 1 aliphatic rings. The van der Waals surface area contributed by atoms with Gasteiger partial charge in [0.2, 0.25) is 11.8 Å². The van der Waals surface area contributed by atoms with Gasteiger partial charge in [0.25, 0.3) is 0 Å². The molecular weight excluding hydrogens is 468 g/mol. The molecule has 1 amide bonds. The van der Waals surface area contributed by atoms with Crippen LogP contribution in [0, 0.1) is 6.92 Å². The first kappa shape index (κ1) is 24.1. The Bertz CT molecular complexity index is 1560. The van der Waals surface area contributed by atoms with Crippen molar-refractivity contribution in [3.05, 3.63) is 72.8 Å². The van der Waals surface area contributed by atoms with E-state index in [0.717, 1.165) is 39.1 Å². The molecular formula is C28H28N6O3. The fourth-order valence-electron chi connectivity index (χ4n) is 4.74. The molecule has 0 bridgehead atoms. The number of aromatic nitrogens is 4. The van der Waals surface area contributed by atoms with Crippen molar-refractivity contribution in [3.63, 3.8) is 0 Å². The number of rotatable bonds is 6. The maximum Gasteiger partial charge on any atom is 0.246 e. The van der Waals surface area contributed by atoms with Crippen LogP contribution in [0.3, 0.4) is 0 Å². The number of aryl methyl sites for hydroxylation is 2. The van der Waals surface area contributed by atoms with Crippen LogP contribution in [0.2, 0.25) is 0 Å². The first-order chi connectivity index (χ1) is 17.9. The van der Waals surface area contributed by atoms with Gasteiger partial charge in [-0.15, -0.1) is 0 Å². The zero-order valence-electron chi connectivity index (χ0n) is 21.1. The van der Waals surface area contributed by atoms with Crippen LogP contribution in [-0.2, 0) is 11.8 Å². The molecule has 2 N–H and O–H groups in total. The number of hydrogen-bond donors (Lipinski definition) is 1. The molecule has 0 radical (unpaired) electrons. The highest BCUT2D eigenvalue weighted by Gasteiger charge is 2.26. The zero-order chi connectivity index (χ0) is 26.1. The molecule has 0 saturated carbocycles. The van der Waals surface area contributed by atoms with Crippen LogP contribution in [0.15, 0.2) is 61.5 Å². The molecule has 0 fully saturated rings. The quantitative estimate of drug-likeness (QED) is 0.391. The Morgan fingerprint density at radius 3 is 2.73 bits per heavy atom. The molecule has 0 spiro atoms. The highest BCUT2D eigenvalue weighted by atomic mass is 16.5. The highest BCUT2D eigenvalue weighted by Crippen LogP contribution is 2.43. The molecule has 4 heterocycles. The summed E-state index contributed by atoms with van der Waals surface area (Å²) < 4.78 is 13.8. The molecule has 0 atom stereocenters. The number of benzene rings is 1. The van der Waals surface area contributed by atoms with Crippen molar-refractivity contribution in [1.29, 1.82) is 0 Å². The molecule has 4 aromatic rings. The van der Waals surface area contributed by atoms with Crippen LogP contribution in [0.25, 0.3) is 27.7 Å². The number of anilines is 1. The summed E-state index contributed by atoms with van der Waals surface area (Å²) in [5, 5.41) is 0.765. The van der Waals surface area contributed by atoms with E-state index < -0.39 is 0 Å². The van der Waals surface area contributed by atoms with E-state index in [4.69, 9.17) is 15.2 Å². The Hall–Kier alpha value is -4.66. The average Bonchev–Trinajstić information content (AvgIpc) is 3.22. The van der Waals surface area contributed by atoms with Crippen molar-refractivity contribution in [2.45, 2.75) is 13.3 Å². The first-order valence-corrected chi connectivity index (χ1v) is 11.9. The SMILES string of the molecule is C=CC(=O)N1CC=C(c2c(-c3ccc(Oc4cccc(C)n4)c(OC)c3)c3c(N)ncnc3n2C)CC1. The lowest BCUT2D eigenvalue weighted by Gasteiger charge is -2.26. The van der Waals surface area contributed by atoms with Crippen molar-refractivity contribution in [2.24, 2.45) is 7.05 Å². The molecule has 3 aromatic heterocycles. The summed E-state index contributed by atoms with van der Waals surface area (Å²) in [6, 6.07) is 11.4. The molecule has 9 heteroatoms. The van der Waals surface area contributed by atoms with Gasteiger partial charge < -0.3 is 24.7 Å². The second-order valence-corrected chi connectivity index (χ2v) is 8.79. The molecule has 37 heavy (non-hydrogen) atoms. The number of nitrogen functional groups attached to an aromatic ring is 1. The Balaban J connectivity index is 1.64. The number of ether oxygens (including phenoxy) is 2. The number of hydrogen-bond acceptors (Lipinski definition) is 7. The summed E-state index contributed by atoms with van der Waals surface area (Å²) in [5.41, 5.74) is 11.8. The van der Waals surface area contributed by atoms with E-state index in [0.29, 0.717) is 42.7 Å². The molecule has 0 saturated heterocycles. The summed E-state index contributed by atoms with van der Waals surface area (Å²) in [6.45, 7) is 6.61. The highest BCUT2D eigenvalue weighted by molar-refractivity contribution is 6.06. The van der Waals surface area contributed by atoms with E-state index in [9.17, 15) is 4.79 Å². The number of amides is 1. The number of fused-ring (bicyclic) bond motifs is 1. The summed E-state index contributed by atoms with van der Waals surface area (Å²) in [5.74, 6) is 1.90. The normalized spacial score (nSPS) is 13.4. The molecule has 5 rings (SSSR count). The van der Waals surface area contributed by atoms with Gasteiger partial charge in [-0.05, 0) is 48.8 Å². The smallest absolute Gasteiger partial charge is 0.246 e. The maximum atomic E-state index is 12.1. The summed E-state index contributed by atoms with van der Waals surface area (Å²) in [4.78, 5) is 27.1. The van der Waals surface area contributed by atoms with E-state index in [1.54, 1.807) is 18.1 Å². The van der Waals surface area contributed by atoms with E-state index in [2.05, 4.69) is 27.6 Å². The van der Waals surface area contributed by atoms with Gasteiger partial charge in [0.15, 0.2) is 11.5 Å². The Morgan fingerprint density at radius 2 is 2.03 bits per heavy atom. The minimum absolute atomic E-state index is 0.0777. The predicted molar refractivity (Wildman–Crippen MR) is 143 cm³/mol. The lowest BCUT2D eigenvalue weighted by atomic mass is 9.95. The van der Waals surface area contributed by atoms with Crippen molar-refractivity contribution < 1.29 is 14.3 Å². The minimum atomic E-state index is -0.0777. The van der Waals surface area contributed by atoms with Gasteiger partial charge in [0.05, 0.1) is 18.2 Å². The fourth-order valence-corrected chi connectivity index (χ4v) is 4.74. The van der Waals surface area contributed by atoms with E-state index >= 15 is 0 Å². The van der Waals surface area contributed by atoms with Crippen LogP contribution in [-0.4, -0.2) is 50.5 Å². The maximum absolute atomic E-state index is 12.1. The van der Waals surface area contributed by atoms with Gasteiger partial charge in [0, 0.05) is 37.5 Å². The number of methoxy groups -OCH3 is 1. The predicted octanol–water partition coefficient (Wildman–Crippen LogP) is 4.52. The van der Waals surface area contributed by atoms with Gasteiger partial charge in [-0.3, -0.25) is 4.79 Å². The molecule has 0 unspecified atom stereocenters.